The molecule has 1 aromatic carbocycles. The molecule has 4 atom stereocenters. The first-order chi connectivity index (χ1) is 14.4. The highest BCUT2D eigenvalue weighted by Gasteiger charge is 2.43. The predicted octanol–water partition coefficient (Wildman–Crippen LogP) is 4.19. The minimum absolute atomic E-state index is 0.0232. The van der Waals surface area contributed by atoms with Gasteiger partial charge in [0.15, 0.2) is 0 Å². The fourth-order valence-electron chi connectivity index (χ4n) is 5.52. The van der Waals surface area contributed by atoms with Crippen molar-refractivity contribution in [2.75, 3.05) is 38.0 Å². The van der Waals surface area contributed by atoms with Gasteiger partial charge in [-0.1, -0.05) is 37.4 Å². The summed E-state index contributed by atoms with van der Waals surface area (Å²) in [5, 5.41) is 3.61. The molecule has 1 aliphatic carbocycles. The molecule has 2 amide bonds. The molecule has 3 aliphatic rings. The molecule has 1 N–H and O–H groups in total. The molecule has 4 unspecified atom stereocenters. The topological polar surface area (TPSA) is 52.7 Å². The highest BCUT2D eigenvalue weighted by molar-refractivity contribution is 6.31. The summed E-state index contributed by atoms with van der Waals surface area (Å²) in [6.45, 7) is 8.76. The average Bonchev–Trinajstić information content (AvgIpc) is 3.28. The summed E-state index contributed by atoms with van der Waals surface area (Å²) in [6.07, 6.45) is 5.22. The number of benzene rings is 1. The van der Waals surface area contributed by atoms with Crippen molar-refractivity contribution in [3.05, 3.63) is 28.8 Å². The Bertz CT molecular complexity index is 785. The fraction of sp³-hybridized carbons (Fsp3) is 0.667. The van der Waals surface area contributed by atoms with E-state index in [0.717, 1.165) is 50.4 Å². The highest BCUT2D eigenvalue weighted by atomic mass is 35.5. The third kappa shape index (κ3) is 4.83. The minimum Gasteiger partial charge on any atom is -0.342 e. The number of nitrogens with zero attached hydrogens (tertiary/aromatic N) is 2. The summed E-state index contributed by atoms with van der Waals surface area (Å²) in [4.78, 5) is 29.9. The lowest BCUT2D eigenvalue weighted by Crippen LogP contribution is -2.40. The van der Waals surface area contributed by atoms with Gasteiger partial charge in [-0.3, -0.25) is 9.59 Å². The summed E-state index contributed by atoms with van der Waals surface area (Å²) in [5.74, 6) is 2.32. The molecule has 4 rings (SSSR count). The number of hydrogen-bond donors (Lipinski definition) is 1. The van der Waals surface area contributed by atoms with Crippen molar-refractivity contribution in [1.82, 2.24) is 9.80 Å². The Labute approximate surface area is 185 Å². The van der Waals surface area contributed by atoms with E-state index in [9.17, 15) is 9.59 Å². The second-order valence-electron chi connectivity index (χ2n) is 9.65. The van der Waals surface area contributed by atoms with Crippen LogP contribution in [0.1, 0.15) is 44.6 Å². The molecule has 3 fully saturated rings. The Balaban J connectivity index is 1.21. The lowest BCUT2D eigenvalue weighted by molar-refractivity contribution is -0.137. The molecule has 2 heterocycles. The Hall–Kier alpha value is -1.59. The smallest absolute Gasteiger partial charge is 0.225 e. The maximum atomic E-state index is 13.0. The van der Waals surface area contributed by atoms with Crippen molar-refractivity contribution in [1.29, 1.82) is 0 Å². The number of anilines is 1. The molecule has 2 aliphatic heterocycles. The van der Waals surface area contributed by atoms with E-state index in [0.29, 0.717) is 35.1 Å². The van der Waals surface area contributed by atoms with Gasteiger partial charge in [-0.15, -0.1) is 0 Å². The number of rotatable bonds is 5. The van der Waals surface area contributed by atoms with Crippen LogP contribution in [0.3, 0.4) is 0 Å². The van der Waals surface area contributed by atoms with E-state index in [1.807, 2.05) is 19.1 Å². The zero-order chi connectivity index (χ0) is 21.3. The molecule has 6 heteroatoms. The molecule has 0 spiro atoms. The van der Waals surface area contributed by atoms with Crippen LogP contribution < -0.4 is 5.32 Å². The second-order valence-corrected chi connectivity index (χ2v) is 10.1. The number of likely N-dealkylation sites (tertiary alicyclic amines) is 2. The van der Waals surface area contributed by atoms with E-state index in [1.165, 1.54) is 19.3 Å². The van der Waals surface area contributed by atoms with Gasteiger partial charge in [0.1, 0.15) is 0 Å². The van der Waals surface area contributed by atoms with Crippen LogP contribution in [-0.4, -0.2) is 54.3 Å². The fourth-order valence-corrected chi connectivity index (χ4v) is 5.70. The molecule has 30 heavy (non-hydrogen) atoms. The third-order valence-corrected chi connectivity index (χ3v) is 7.82. The van der Waals surface area contributed by atoms with Crippen LogP contribution in [0.25, 0.3) is 0 Å². The summed E-state index contributed by atoms with van der Waals surface area (Å²) >= 11 is 6.14. The number of carbonyl (C=O) groups is 2. The minimum atomic E-state index is 0.0232. The number of nitrogens with one attached hydrogen (secondary N) is 1. The SMILES string of the molecule is Cc1ccc(NC(=O)CCN2CC3CN(C(=O)C4CCCCC4C)CC3C2)cc1Cl. The molecule has 2 saturated heterocycles. The molecule has 0 radical (unpaired) electrons. The van der Waals surface area contributed by atoms with E-state index in [2.05, 4.69) is 22.0 Å². The highest BCUT2D eigenvalue weighted by Crippen LogP contribution is 2.36. The molecule has 5 nitrogen and oxygen atoms in total. The average molecular weight is 432 g/mol. The van der Waals surface area contributed by atoms with Gasteiger partial charge in [0.2, 0.25) is 11.8 Å². The Morgan fingerprint density at radius 2 is 1.80 bits per heavy atom. The van der Waals surface area contributed by atoms with Crippen LogP contribution in [0.5, 0.6) is 0 Å². The molecule has 1 saturated carbocycles. The number of amides is 2. The maximum Gasteiger partial charge on any atom is 0.225 e. The largest absolute Gasteiger partial charge is 0.342 e. The number of halogens is 1. The summed E-state index contributed by atoms with van der Waals surface area (Å²) in [5.41, 5.74) is 1.75. The zero-order valence-corrected chi connectivity index (χ0v) is 19.0. The Morgan fingerprint density at radius 3 is 2.47 bits per heavy atom. The second kappa shape index (κ2) is 9.27. The lowest BCUT2D eigenvalue weighted by atomic mass is 9.79. The van der Waals surface area contributed by atoms with Gasteiger partial charge < -0.3 is 15.1 Å². The number of carbonyl (C=O) groups excluding carboxylic acids is 2. The standard InChI is InChI=1S/C24H34ClN3O2/c1-16-5-3-4-6-21(16)24(30)28-14-18-12-27(13-19(18)15-28)10-9-23(29)26-20-8-7-17(2)22(25)11-20/h7-8,11,16,18-19,21H,3-6,9-10,12-15H2,1-2H3,(H,26,29). The molecular weight excluding hydrogens is 398 g/mol. The van der Waals surface area contributed by atoms with Crippen LogP contribution in [0.4, 0.5) is 5.69 Å². The summed E-state index contributed by atoms with van der Waals surface area (Å²) in [6, 6.07) is 5.60. The first kappa shape index (κ1) is 21.6. The first-order valence-corrected chi connectivity index (χ1v) is 11.9. The monoisotopic (exact) mass is 431 g/mol. The van der Waals surface area contributed by atoms with Crippen molar-refractivity contribution in [3.63, 3.8) is 0 Å². The van der Waals surface area contributed by atoms with Gasteiger partial charge in [-0.25, -0.2) is 0 Å². The van der Waals surface area contributed by atoms with Gasteiger partial charge >= 0.3 is 0 Å². The normalized spacial score (nSPS) is 29.1. The Morgan fingerprint density at radius 1 is 1.10 bits per heavy atom. The van der Waals surface area contributed by atoms with Crippen molar-refractivity contribution < 1.29 is 9.59 Å². The van der Waals surface area contributed by atoms with E-state index < -0.39 is 0 Å². The molecule has 164 valence electrons. The van der Waals surface area contributed by atoms with Crippen LogP contribution in [0.2, 0.25) is 5.02 Å². The molecular formula is C24H34ClN3O2. The van der Waals surface area contributed by atoms with Crippen molar-refractivity contribution in [3.8, 4) is 0 Å². The van der Waals surface area contributed by atoms with E-state index in [1.54, 1.807) is 6.07 Å². The zero-order valence-electron chi connectivity index (χ0n) is 18.2. The van der Waals surface area contributed by atoms with Crippen molar-refractivity contribution >= 4 is 29.1 Å². The van der Waals surface area contributed by atoms with Crippen LogP contribution in [0.15, 0.2) is 18.2 Å². The molecule has 1 aromatic rings. The van der Waals surface area contributed by atoms with Gasteiger partial charge in [-0.05, 0) is 55.2 Å². The van der Waals surface area contributed by atoms with Gasteiger partial charge in [0.05, 0.1) is 0 Å². The van der Waals surface area contributed by atoms with Crippen molar-refractivity contribution in [2.45, 2.75) is 46.0 Å². The number of fused-ring (bicyclic) bond motifs is 1. The summed E-state index contributed by atoms with van der Waals surface area (Å²) < 4.78 is 0. The number of hydrogen-bond acceptors (Lipinski definition) is 3. The molecule has 0 bridgehead atoms. The lowest BCUT2D eigenvalue weighted by Gasteiger charge is -2.32. The maximum absolute atomic E-state index is 13.0. The van der Waals surface area contributed by atoms with Gasteiger partial charge in [0.25, 0.3) is 0 Å². The predicted molar refractivity (Wildman–Crippen MR) is 121 cm³/mol. The van der Waals surface area contributed by atoms with Crippen LogP contribution in [0, 0.1) is 30.6 Å². The van der Waals surface area contributed by atoms with E-state index >= 15 is 0 Å². The van der Waals surface area contributed by atoms with Crippen LogP contribution >= 0.6 is 11.6 Å². The van der Waals surface area contributed by atoms with Gasteiger partial charge in [0, 0.05) is 55.8 Å². The number of aryl methyl sites for hydroxylation is 1. The van der Waals surface area contributed by atoms with E-state index in [-0.39, 0.29) is 11.8 Å². The van der Waals surface area contributed by atoms with Gasteiger partial charge in [-0.2, -0.15) is 0 Å². The first-order valence-electron chi connectivity index (χ1n) is 11.5. The molecule has 0 aromatic heterocycles. The quantitative estimate of drug-likeness (QED) is 0.760. The Kier molecular flexibility index (Phi) is 6.69. The van der Waals surface area contributed by atoms with E-state index in [4.69, 9.17) is 11.6 Å². The third-order valence-electron chi connectivity index (χ3n) is 7.41. The summed E-state index contributed by atoms with van der Waals surface area (Å²) in [7, 11) is 0. The van der Waals surface area contributed by atoms with Crippen LogP contribution in [-0.2, 0) is 9.59 Å². The van der Waals surface area contributed by atoms with Crippen molar-refractivity contribution in [2.24, 2.45) is 23.7 Å².